The minimum Gasteiger partial charge on any atom is -0.467 e. The minimum absolute atomic E-state index is 0.330. The van der Waals surface area contributed by atoms with Gasteiger partial charge in [-0.25, -0.2) is 4.99 Å². The smallest absolute Gasteiger partial charge is 0.191 e. The molecular formula is C18H26N4O2S. The van der Waals surface area contributed by atoms with E-state index in [0.717, 1.165) is 51.1 Å². The molecule has 1 aliphatic heterocycles. The summed E-state index contributed by atoms with van der Waals surface area (Å²) in [6.45, 7) is 7.76. The van der Waals surface area contributed by atoms with Gasteiger partial charge in [0.25, 0.3) is 0 Å². The minimum atomic E-state index is 0.330. The summed E-state index contributed by atoms with van der Waals surface area (Å²) in [6.07, 6.45) is 1.68. The molecule has 0 saturated carbocycles. The maximum atomic E-state index is 5.51. The number of nitrogens with one attached hydrogen (secondary N) is 2. The Labute approximate surface area is 152 Å². The number of rotatable bonds is 7. The second-order valence-corrected chi connectivity index (χ2v) is 6.81. The predicted octanol–water partition coefficient (Wildman–Crippen LogP) is 2.47. The lowest BCUT2D eigenvalue weighted by molar-refractivity contribution is 0.0177. The molecule has 0 aliphatic carbocycles. The number of hydrogen-bond donors (Lipinski definition) is 2. The van der Waals surface area contributed by atoms with Gasteiger partial charge in [-0.1, -0.05) is 6.07 Å². The Morgan fingerprint density at radius 3 is 2.84 bits per heavy atom. The molecule has 1 fully saturated rings. The first-order valence-electron chi connectivity index (χ1n) is 8.76. The van der Waals surface area contributed by atoms with Crippen LogP contribution in [0.15, 0.2) is 45.3 Å². The van der Waals surface area contributed by atoms with Gasteiger partial charge >= 0.3 is 0 Å². The van der Waals surface area contributed by atoms with Crippen LogP contribution in [0.25, 0.3) is 0 Å². The number of nitrogens with zero attached hydrogens (tertiary/aromatic N) is 2. The van der Waals surface area contributed by atoms with Crippen molar-refractivity contribution in [2.45, 2.75) is 19.5 Å². The number of ether oxygens (including phenoxy) is 1. The average Bonchev–Trinajstić information content (AvgIpc) is 3.35. The first kappa shape index (κ1) is 18.0. The van der Waals surface area contributed by atoms with Gasteiger partial charge in [0, 0.05) is 31.1 Å². The molecule has 3 rings (SSSR count). The third-order valence-corrected chi connectivity index (χ3v) is 5.11. The van der Waals surface area contributed by atoms with Gasteiger partial charge in [-0.05, 0) is 30.5 Å². The molecule has 1 aliphatic rings. The van der Waals surface area contributed by atoms with Gasteiger partial charge in [0.15, 0.2) is 5.96 Å². The Kier molecular flexibility index (Phi) is 6.90. The van der Waals surface area contributed by atoms with Crippen molar-refractivity contribution in [1.29, 1.82) is 0 Å². The normalized spacial score (nSPS) is 17.4. The van der Waals surface area contributed by atoms with Crippen LogP contribution in [0.4, 0.5) is 0 Å². The van der Waals surface area contributed by atoms with E-state index in [9.17, 15) is 0 Å². The molecule has 0 aromatic carbocycles. The highest BCUT2D eigenvalue weighted by molar-refractivity contribution is 7.10. The summed E-state index contributed by atoms with van der Waals surface area (Å²) in [7, 11) is 0. The predicted molar refractivity (Wildman–Crippen MR) is 101 cm³/mol. The van der Waals surface area contributed by atoms with E-state index < -0.39 is 0 Å². The molecular weight excluding hydrogens is 336 g/mol. The summed E-state index contributed by atoms with van der Waals surface area (Å²) in [4.78, 5) is 8.47. The van der Waals surface area contributed by atoms with Crippen molar-refractivity contribution in [3.63, 3.8) is 0 Å². The van der Waals surface area contributed by atoms with E-state index in [1.807, 2.05) is 12.1 Å². The molecule has 0 radical (unpaired) electrons. The molecule has 0 bridgehead atoms. The molecule has 136 valence electrons. The van der Waals surface area contributed by atoms with Crippen molar-refractivity contribution in [2.75, 3.05) is 39.4 Å². The molecule has 0 amide bonds. The van der Waals surface area contributed by atoms with E-state index in [2.05, 4.69) is 45.0 Å². The van der Waals surface area contributed by atoms with E-state index in [1.165, 1.54) is 4.88 Å². The van der Waals surface area contributed by atoms with E-state index in [1.54, 1.807) is 17.6 Å². The van der Waals surface area contributed by atoms with Crippen LogP contribution in [0.1, 0.15) is 23.6 Å². The zero-order valence-corrected chi connectivity index (χ0v) is 15.4. The fraction of sp³-hybridized carbons (Fsp3) is 0.500. The monoisotopic (exact) mass is 362 g/mol. The highest BCUT2D eigenvalue weighted by atomic mass is 32.1. The molecule has 2 N–H and O–H groups in total. The lowest BCUT2D eigenvalue weighted by Gasteiger charge is -2.34. The molecule has 6 nitrogen and oxygen atoms in total. The lowest BCUT2D eigenvalue weighted by Crippen LogP contribution is -2.46. The number of aliphatic imine (C=N–C) groups is 1. The second-order valence-electron chi connectivity index (χ2n) is 5.83. The number of thiophene rings is 1. The molecule has 1 atom stereocenters. The number of morpholine rings is 1. The van der Waals surface area contributed by atoms with Crippen molar-refractivity contribution in [2.24, 2.45) is 4.99 Å². The molecule has 2 aromatic rings. The fourth-order valence-electron chi connectivity index (χ4n) is 2.87. The highest BCUT2D eigenvalue weighted by Gasteiger charge is 2.23. The third-order valence-electron chi connectivity index (χ3n) is 4.14. The molecule has 25 heavy (non-hydrogen) atoms. The number of guanidine groups is 1. The zero-order chi connectivity index (χ0) is 17.3. The van der Waals surface area contributed by atoms with Crippen LogP contribution in [0.5, 0.6) is 0 Å². The summed E-state index contributed by atoms with van der Waals surface area (Å²) < 4.78 is 10.9. The summed E-state index contributed by atoms with van der Waals surface area (Å²) in [5.74, 6) is 1.67. The summed E-state index contributed by atoms with van der Waals surface area (Å²) >= 11 is 1.80. The van der Waals surface area contributed by atoms with E-state index in [0.29, 0.717) is 12.6 Å². The number of hydrogen-bond acceptors (Lipinski definition) is 5. The SMILES string of the molecule is CCNC(=NCc1ccco1)NCC(c1cccs1)N1CCOCC1. The highest BCUT2D eigenvalue weighted by Crippen LogP contribution is 2.25. The van der Waals surface area contributed by atoms with Gasteiger partial charge in [-0.3, -0.25) is 4.90 Å². The van der Waals surface area contributed by atoms with Crippen LogP contribution in [-0.4, -0.2) is 50.3 Å². The average molecular weight is 362 g/mol. The fourth-order valence-corrected chi connectivity index (χ4v) is 3.74. The largest absolute Gasteiger partial charge is 0.467 e. The number of furan rings is 1. The summed E-state index contributed by atoms with van der Waals surface area (Å²) in [6, 6.07) is 8.48. The van der Waals surface area contributed by atoms with Crippen LogP contribution < -0.4 is 10.6 Å². The maximum absolute atomic E-state index is 5.51. The van der Waals surface area contributed by atoms with E-state index >= 15 is 0 Å². The van der Waals surface area contributed by atoms with Crippen LogP contribution in [0.3, 0.4) is 0 Å². The summed E-state index contributed by atoms with van der Waals surface area (Å²) in [5.41, 5.74) is 0. The van der Waals surface area contributed by atoms with E-state index in [-0.39, 0.29) is 0 Å². The molecule has 2 aromatic heterocycles. The Bertz CT molecular complexity index is 622. The quantitative estimate of drug-likeness (QED) is 0.585. The van der Waals surface area contributed by atoms with Crippen LogP contribution in [0.2, 0.25) is 0 Å². The maximum Gasteiger partial charge on any atom is 0.191 e. The van der Waals surface area contributed by atoms with Gasteiger partial charge in [-0.2, -0.15) is 0 Å². The first-order chi connectivity index (χ1) is 12.4. The van der Waals surface area contributed by atoms with Crippen LogP contribution in [-0.2, 0) is 11.3 Å². The van der Waals surface area contributed by atoms with Crippen LogP contribution >= 0.6 is 11.3 Å². The van der Waals surface area contributed by atoms with Gasteiger partial charge < -0.3 is 19.8 Å². The van der Waals surface area contributed by atoms with Crippen molar-refractivity contribution in [1.82, 2.24) is 15.5 Å². The Morgan fingerprint density at radius 2 is 2.16 bits per heavy atom. The van der Waals surface area contributed by atoms with Crippen molar-refractivity contribution < 1.29 is 9.15 Å². The van der Waals surface area contributed by atoms with E-state index in [4.69, 9.17) is 9.15 Å². The molecule has 0 spiro atoms. The Hall–Kier alpha value is -1.83. The van der Waals surface area contributed by atoms with Crippen molar-refractivity contribution in [3.8, 4) is 0 Å². The lowest BCUT2D eigenvalue weighted by atomic mass is 10.2. The first-order valence-corrected chi connectivity index (χ1v) is 9.64. The summed E-state index contributed by atoms with van der Waals surface area (Å²) in [5, 5.41) is 8.93. The topological polar surface area (TPSA) is 62.0 Å². The Balaban J connectivity index is 1.64. The second kappa shape index (κ2) is 9.60. The van der Waals surface area contributed by atoms with Gasteiger partial charge in [-0.15, -0.1) is 11.3 Å². The van der Waals surface area contributed by atoms with Crippen molar-refractivity contribution in [3.05, 3.63) is 46.5 Å². The molecule has 3 heterocycles. The van der Waals surface area contributed by atoms with Crippen LogP contribution in [0, 0.1) is 0 Å². The molecule has 1 saturated heterocycles. The molecule has 1 unspecified atom stereocenters. The molecule has 7 heteroatoms. The van der Waals surface area contributed by atoms with Gasteiger partial charge in [0.1, 0.15) is 12.3 Å². The third kappa shape index (κ3) is 5.32. The Morgan fingerprint density at radius 1 is 1.28 bits per heavy atom. The van der Waals surface area contributed by atoms with Gasteiger partial charge in [0.2, 0.25) is 0 Å². The standard InChI is InChI=1S/C18H26N4O2S/c1-2-19-18(20-13-15-5-3-9-24-15)21-14-16(17-6-4-12-25-17)22-7-10-23-11-8-22/h3-6,9,12,16H,2,7-8,10-11,13-14H2,1H3,(H2,19,20,21). The zero-order valence-electron chi connectivity index (χ0n) is 14.6. The van der Waals surface area contributed by atoms with Gasteiger partial charge in [0.05, 0.1) is 25.5 Å². The van der Waals surface area contributed by atoms with Crippen molar-refractivity contribution >= 4 is 17.3 Å².